The standard InChI is InChI=1S/C10H17NOS/c1-4-5-10(12)11-6-7-13-9(3)8(11)2/h4-5,8-9H,6-7H2,1-3H3/b5-4+. The van der Waals surface area contributed by atoms with Crippen molar-refractivity contribution in [1.29, 1.82) is 0 Å². The highest BCUT2D eigenvalue weighted by atomic mass is 32.2. The van der Waals surface area contributed by atoms with Crippen LogP contribution in [0.5, 0.6) is 0 Å². The summed E-state index contributed by atoms with van der Waals surface area (Å²) in [4.78, 5) is 13.5. The van der Waals surface area contributed by atoms with E-state index in [2.05, 4.69) is 13.8 Å². The molecule has 1 saturated heterocycles. The third kappa shape index (κ3) is 2.50. The number of hydrogen-bond acceptors (Lipinski definition) is 2. The second-order valence-corrected chi connectivity index (χ2v) is 4.83. The number of carbonyl (C=O) groups is 1. The van der Waals surface area contributed by atoms with E-state index in [1.54, 1.807) is 6.08 Å². The number of nitrogens with zero attached hydrogens (tertiary/aromatic N) is 1. The lowest BCUT2D eigenvalue weighted by molar-refractivity contribution is -0.127. The van der Waals surface area contributed by atoms with Gasteiger partial charge in [0.15, 0.2) is 0 Å². The number of allylic oxidation sites excluding steroid dienone is 1. The average Bonchev–Trinajstić information content (AvgIpc) is 2.10. The van der Waals surface area contributed by atoms with Gasteiger partial charge in [-0.3, -0.25) is 4.79 Å². The summed E-state index contributed by atoms with van der Waals surface area (Å²) in [6.45, 7) is 7.08. The first-order chi connectivity index (χ1) is 6.16. The Morgan fingerprint density at radius 2 is 2.23 bits per heavy atom. The predicted octanol–water partition coefficient (Wildman–Crippen LogP) is 1.91. The van der Waals surface area contributed by atoms with Crippen molar-refractivity contribution in [3.05, 3.63) is 12.2 Å². The summed E-state index contributed by atoms with van der Waals surface area (Å²) in [7, 11) is 0. The van der Waals surface area contributed by atoms with Crippen LogP contribution in [0.15, 0.2) is 12.2 Å². The highest BCUT2D eigenvalue weighted by Crippen LogP contribution is 2.24. The summed E-state index contributed by atoms with van der Waals surface area (Å²) >= 11 is 1.95. The lowest BCUT2D eigenvalue weighted by atomic mass is 10.2. The number of thioether (sulfide) groups is 1. The first-order valence-electron chi connectivity index (χ1n) is 4.71. The van der Waals surface area contributed by atoms with E-state index in [4.69, 9.17) is 0 Å². The number of rotatable bonds is 1. The van der Waals surface area contributed by atoms with Gasteiger partial charge in [-0.25, -0.2) is 0 Å². The number of amides is 1. The third-order valence-electron chi connectivity index (χ3n) is 2.48. The van der Waals surface area contributed by atoms with Crippen LogP contribution in [-0.4, -0.2) is 34.4 Å². The Hall–Kier alpha value is -0.440. The minimum absolute atomic E-state index is 0.155. The minimum atomic E-state index is 0.155. The molecule has 13 heavy (non-hydrogen) atoms. The maximum atomic E-state index is 11.6. The van der Waals surface area contributed by atoms with E-state index in [0.29, 0.717) is 11.3 Å². The van der Waals surface area contributed by atoms with Crippen LogP contribution in [-0.2, 0) is 4.79 Å². The van der Waals surface area contributed by atoms with Crippen LogP contribution in [0.3, 0.4) is 0 Å². The summed E-state index contributed by atoms with van der Waals surface area (Å²) < 4.78 is 0. The molecule has 1 aliphatic heterocycles. The maximum Gasteiger partial charge on any atom is 0.246 e. The SMILES string of the molecule is C/C=C/C(=O)N1CCSC(C)C1C. The lowest BCUT2D eigenvalue weighted by Crippen LogP contribution is -2.47. The zero-order valence-electron chi connectivity index (χ0n) is 8.49. The van der Waals surface area contributed by atoms with Crippen molar-refractivity contribution >= 4 is 17.7 Å². The highest BCUT2D eigenvalue weighted by Gasteiger charge is 2.27. The lowest BCUT2D eigenvalue weighted by Gasteiger charge is -2.36. The molecule has 3 heteroatoms. The van der Waals surface area contributed by atoms with Gasteiger partial charge in [-0.1, -0.05) is 13.0 Å². The average molecular weight is 199 g/mol. The Labute approximate surface area is 84.4 Å². The van der Waals surface area contributed by atoms with Crippen LogP contribution in [0.25, 0.3) is 0 Å². The van der Waals surface area contributed by atoms with Gasteiger partial charge < -0.3 is 4.90 Å². The molecule has 0 aromatic heterocycles. The van der Waals surface area contributed by atoms with E-state index >= 15 is 0 Å². The van der Waals surface area contributed by atoms with Crippen LogP contribution in [0.4, 0.5) is 0 Å². The van der Waals surface area contributed by atoms with E-state index < -0.39 is 0 Å². The van der Waals surface area contributed by atoms with Crippen LogP contribution < -0.4 is 0 Å². The second kappa shape index (κ2) is 4.70. The van der Waals surface area contributed by atoms with Crippen molar-refractivity contribution in [2.24, 2.45) is 0 Å². The van der Waals surface area contributed by atoms with E-state index in [1.165, 1.54) is 0 Å². The molecular weight excluding hydrogens is 182 g/mol. The normalized spacial score (nSPS) is 29.6. The Kier molecular flexibility index (Phi) is 3.85. The van der Waals surface area contributed by atoms with Gasteiger partial charge in [0.1, 0.15) is 0 Å². The molecule has 1 amide bonds. The zero-order valence-corrected chi connectivity index (χ0v) is 9.30. The molecule has 1 fully saturated rings. The highest BCUT2D eigenvalue weighted by molar-refractivity contribution is 8.00. The van der Waals surface area contributed by atoms with Gasteiger partial charge in [-0.2, -0.15) is 11.8 Å². The van der Waals surface area contributed by atoms with Crippen LogP contribution in [0.1, 0.15) is 20.8 Å². The van der Waals surface area contributed by atoms with Gasteiger partial charge in [0.2, 0.25) is 5.91 Å². The van der Waals surface area contributed by atoms with Crippen molar-refractivity contribution in [2.75, 3.05) is 12.3 Å². The Morgan fingerprint density at radius 1 is 1.54 bits per heavy atom. The van der Waals surface area contributed by atoms with Crippen LogP contribution in [0.2, 0.25) is 0 Å². The third-order valence-corrected chi connectivity index (χ3v) is 3.81. The summed E-state index contributed by atoms with van der Waals surface area (Å²) in [5, 5.41) is 0.558. The second-order valence-electron chi connectivity index (χ2n) is 3.35. The molecule has 74 valence electrons. The Balaban J connectivity index is 2.62. The van der Waals surface area contributed by atoms with Crippen molar-refractivity contribution in [2.45, 2.75) is 32.1 Å². The van der Waals surface area contributed by atoms with Gasteiger partial charge in [0.05, 0.1) is 0 Å². The fourth-order valence-corrected chi connectivity index (χ4v) is 2.58. The number of hydrogen-bond donors (Lipinski definition) is 0. The molecule has 2 atom stereocenters. The molecule has 0 radical (unpaired) electrons. The minimum Gasteiger partial charge on any atom is -0.335 e. The molecular formula is C10H17NOS. The van der Waals surface area contributed by atoms with Gasteiger partial charge in [-0.15, -0.1) is 0 Å². The first kappa shape index (κ1) is 10.6. The summed E-state index contributed by atoms with van der Waals surface area (Å²) in [5.41, 5.74) is 0. The van der Waals surface area contributed by atoms with Crippen molar-refractivity contribution < 1.29 is 4.79 Å². The molecule has 1 rings (SSSR count). The fourth-order valence-electron chi connectivity index (χ4n) is 1.48. The van der Waals surface area contributed by atoms with E-state index in [9.17, 15) is 4.79 Å². The van der Waals surface area contributed by atoms with Gasteiger partial charge in [-0.05, 0) is 19.9 Å². The molecule has 2 unspecified atom stereocenters. The van der Waals surface area contributed by atoms with E-state index in [1.807, 2.05) is 29.7 Å². The molecule has 0 N–H and O–H groups in total. The molecule has 2 nitrogen and oxygen atoms in total. The largest absolute Gasteiger partial charge is 0.335 e. The smallest absolute Gasteiger partial charge is 0.246 e. The first-order valence-corrected chi connectivity index (χ1v) is 5.76. The molecule has 0 aromatic carbocycles. The van der Waals surface area contributed by atoms with Crippen molar-refractivity contribution in [1.82, 2.24) is 4.90 Å². The molecule has 0 aromatic rings. The van der Waals surface area contributed by atoms with Gasteiger partial charge in [0, 0.05) is 23.6 Å². The molecule has 0 saturated carbocycles. The molecule has 1 aliphatic rings. The zero-order chi connectivity index (χ0) is 9.84. The van der Waals surface area contributed by atoms with Gasteiger partial charge >= 0.3 is 0 Å². The van der Waals surface area contributed by atoms with Crippen LogP contribution >= 0.6 is 11.8 Å². The molecule has 0 aliphatic carbocycles. The van der Waals surface area contributed by atoms with Crippen molar-refractivity contribution in [3.8, 4) is 0 Å². The van der Waals surface area contributed by atoms with Crippen LogP contribution in [0, 0.1) is 0 Å². The predicted molar refractivity (Wildman–Crippen MR) is 57.9 cm³/mol. The van der Waals surface area contributed by atoms with E-state index in [-0.39, 0.29) is 5.91 Å². The summed E-state index contributed by atoms with van der Waals surface area (Å²) in [6.07, 6.45) is 3.46. The molecule has 0 bridgehead atoms. The summed E-state index contributed by atoms with van der Waals surface area (Å²) in [5.74, 6) is 1.22. The fraction of sp³-hybridized carbons (Fsp3) is 0.700. The van der Waals surface area contributed by atoms with Gasteiger partial charge in [0.25, 0.3) is 0 Å². The molecule has 1 heterocycles. The maximum absolute atomic E-state index is 11.6. The number of carbonyl (C=O) groups excluding carboxylic acids is 1. The monoisotopic (exact) mass is 199 g/mol. The quantitative estimate of drug-likeness (QED) is 0.601. The molecule has 0 spiro atoms. The Bertz CT molecular complexity index is 215. The Morgan fingerprint density at radius 3 is 2.85 bits per heavy atom. The summed E-state index contributed by atoms with van der Waals surface area (Å²) in [6, 6.07) is 0.363. The topological polar surface area (TPSA) is 20.3 Å². The van der Waals surface area contributed by atoms with Crippen molar-refractivity contribution in [3.63, 3.8) is 0 Å². The van der Waals surface area contributed by atoms with E-state index in [0.717, 1.165) is 12.3 Å².